The SMILES string of the molecule is O=C(O)COC(=O)N[C@@H](Cc1c[nH]c2ccccc12)C(=O)NCCc1c[nH]c2ccccc12. The van der Waals surface area contributed by atoms with Crippen LogP contribution in [0.1, 0.15) is 11.1 Å². The Morgan fingerprint density at radius 1 is 0.909 bits per heavy atom. The number of alkyl carbamates (subject to hydrolysis) is 1. The number of H-pyrrole nitrogens is 2. The number of hydrogen-bond donors (Lipinski definition) is 5. The molecule has 170 valence electrons. The highest BCUT2D eigenvalue weighted by molar-refractivity contribution is 5.89. The van der Waals surface area contributed by atoms with Crippen molar-refractivity contribution in [2.75, 3.05) is 13.2 Å². The first-order valence-corrected chi connectivity index (χ1v) is 10.5. The van der Waals surface area contributed by atoms with Crippen LogP contribution in [0.4, 0.5) is 4.79 Å². The Balaban J connectivity index is 1.43. The number of carbonyl (C=O) groups excluding carboxylic acids is 2. The van der Waals surface area contributed by atoms with Crippen molar-refractivity contribution < 1.29 is 24.2 Å². The van der Waals surface area contributed by atoms with Gasteiger partial charge in [-0.3, -0.25) is 4.79 Å². The summed E-state index contributed by atoms with van der Waals surface area (Å²) in [5, 5.41) is 16.1. The van der Waals surface area contributed by atoms with E-state index in [1.807, 2.05) is 54.7 Å². The van der Waals surface area contributed by atoms with E-state index in [2.05, 4.69) is 25.3 Å². The molecule has 0 radical (unpaired) electrons. The first-order chi connectivity index (χ1) is 16.0. The number of hydrogen-bond acceptors (Lipinski definition) is 4. The van der Waals surface area contributed by atoms with Crippen LogP contribution in [0.3, 0.4) is 0 Å². The van der Waals surface area contributed by atoms with Crippen LogP contribution >= 0.6 is 0 Å². The van der Waals surface area contributed by atoms with Crippen molar-refractivity contribution in [2.24, 2.45) is 0 Å². The summed E-state index contributed by atoms with van der Waals surface area (Å²) in [7, 11) is 0. The predicted octanol–water partition coefficient (Wildman–Crippen LogP) is 2.73. The average molecular weight is 448 g/mol. The van der Waals surface area contributed by atoms with Crippen molar-refractivity contribution in [1.82, 2.24) is 20.6 Å². The minimum absolute atomic E-state index is 0.213. The molecule has 0 aliphatic rings. The van der Waals surface area contributed by atoms with Crippen LogP contribution in [-0.4, -0.2) is 52.2 Å². The van der Waals surface area contributed by atoms with E-state index in [4.69, 9.17) is 5.11 Å². The topological polar surface area (TPSA) is 136 Å². The molecule has 0 aliphatic heterocycles. The number of fused-ring (bicyclic) bond motifs is 2. The highest BCUT2D eigenvalue weighted by atomic mass is 16.6. The normalized spacial score (nSPS) is 11.9. The molecule has 4 rings (SSSR count). The molecule has 2 amide bonds. The fourth-order valence-corrected chi connectivity index (χ4v) is 3.82. The Morgan fingerprint density at radius 3 is 2.18 bits per heavy atom. The number of carboxylic acid groups (broad SMARTS) is 1. The number of carbonyl (C=O) groups is 3. The fourth-order valence-electron chi connectivity index (χ4n) is 3.82. The zero-order valence-electron chi connectivity index (χ0n) is 17.8. The van der Waals surface area contributed by atoms with Crippen LogP contribution in [-0.2, 0) is 27.2 Å². The summed E-state index contributed by atoms with van der Waals surface area (Å²) in [4.78, 5) is 42.1. The molecule has 4 aromatic rings. The molecule has 0 unspecified atom stereocenters. The first kappa shape index (κ1) is 21.9. The minimum atomic E-state index is -1.28. The Morgan fingerprint density at radius 2 is 1.52 bits per heavy atom. The van der Waals surface area contributed by atoms with E-state index in [0.717, 1.165) is 32.9 Å². The van der Waals surface area contributed by atoms with Gasteiger partial charge >= 0.3 is 12.1 Å². The number of benzene rings is 2. The van der Waals surface area contributed by atoms with Crippen molar-refractivity contribution in [3.63, 3.8) is 0 Å². The van der Waals surface area contributed by atoms with Gasteiger partial charge in [0.15, 0.2) is 6.61 Å². The Bertz CT molecular complexity index is 1290. The second kappa shape index (κ2) is 9.90. The molecule has 0 bridgehead atoms. The van der Waals surface area contributed by atoms with E-state index in [1.54, 1.807) is 6.20 Å². The van der Waals surface area contributed by atoms with E-state index in [9.17, 15) is 14.4 Å². The number of carboxylic acids is 1. The van der Waals surface area contributed by atoms with Crippen LogP contribution < -0.4 is 10.6 Å². The lowest BCUT2D eigenvalue weighted by Crippen LogP contribution is -2.48. The van der Waals surface area contributed by atoms with Gasteiger partial charge < -0.3 is 30.4 Å². The molecule has 9 nitrogen and oxygen atoms in total. The zero-order chi connectivity index (χ0) is 23.2. The Labute approximate surface area is 189 Å². The second-order valence-electron chi connectivity index (χ2n) is 7.63. The maximum absolute atomic E-state index is 13.0. The lowest BCUT2D eigenvalue weighted by molar-refractivity contribution is -0.140. The summed E-state index contributed by atoms with van der Waals surface area (Å²) < 4.78 is 4.66. The van der Waals surface area contributed by atoms with Crippen LogP contribution in [0, 0.1) is 0 Å². The number of aliphatic carboxylic acids is 1. The van der Waals surface area contributed by atoms with Crippen molar-refractivity contribution in [2.45, 2.75) is 18.9 Å². The molecular formula is C24H24N4O5. The quantitative estimate of drug-likeness (QED) is 0.268. The van der Waals surface area contributed by atoms with Gasteiger partial charge in [0.2, 0.25) is 5.91 Å². The summed E-state index contributed by atoms with van der Waals surface area (Å²) in [6.07, 6.45) is 3.57. The van der Waals surface area contributed by atoms with E-state index in [-0.39, 0.29) is 12.3 Å². The summed E-state index contributed by atoms with van der Waals surface area (Å²) >= 11 is 0. The van der Waals surface area contributed by atoms with Crippen molar-refractivity contribution in [1.29, 1.82) is 0 Å². The van der Waals surface area contributed by atoms with Gasteiger partial charge in [0, 0.05) is 47.2 Å². The van der Waals surface area contributed by atoms with Gasteiger partial charge in [-0.15, -0.1) is 0 Å². The smallest absolute Gasteiger partial charge is 0.408 e. The van der Waals surface area contributed by atoms with Gasteiger partial charge in [-0.05, 0) is 29.7 Å². The molecule has 0 aliphatic carbocycles. The number of rotatable bonds is 9. The lowest BCUT2D eigenvalue weighted by atomic mass is 10.0. The van der Waals surface area contributed by atoms with E-state index < -0.39 is 24.7 Å². The molecule has 9 heteroatoms. The molecule has 0 spiro atoms. The molecular weight excluding hydrogens is 424 g/mol. The number of nitrogens with one attached hydrogen (secondary N) is 4. The summed E-state index contributed by atoms with van der Waals surface area (Å²) in [5.74, 6) is -1.66. The summed E-state index contributed by atoms with van der Waals surface area (Å²) in [6.45, 7) is -0.412. The van der Waals surface area contributed by atoms with Crippen molar-refractivity contribution in [3.8, 4) is 0 Å². The van der Waals surface area contributed by atoms with Gasteiger partial charge in [-0.1, -0.05) is 36.4 Å². The molecule has 0 saturated heterocycles. The number of aromatic nitrogens is 2. The predicted molar refractivity (Wildman–Crippen MR) is 123 cm³/mol. The fraction of sp³-hybridized carbons (Fsp3) is 0.208. The summed E-state index contributed by atoms with van der Waals surface area (Å²) in [6, 6.07) is 14.6. The number of amides is 2. The molecule has 0 saturated carbocycles. The van der Waals surface area contributed by atoms with Crippen molar-refractivity contribution >= 4 is 39.8 Å². The highest BCUT2D eigenvalue weighted by Crippen LogP contribution is 2.20. The Hall–Kier alpha value is -4.27. The van der Waals surface area contributed by atoms with E-state index in [0.29, 0.717) is 13.0 Å². The molecule has 5 N–H and O–H groups in total. The minimum Gasteiger partial charge on any atom is -0.479 e. The number of para-hydroxylation sites is 2. The molecule has 1 atom stereocenters. The van der Waals surface area contributed by atoms with E-state index >= 15 is 0 Å². The van der Waals surface area contributed by atoms with Gasteiger partial charge in [0.25, 0.3) is 0 Å². The molecule has 2 aromatic heterocycles. The van der Waals surface area contributed by atoms with Crippen molar-refractivity contribution in [3.05, 3.63) is 72.1 Å². The standard InChI is InChI=1S/C24H24N4O5/c29-22(30)14-33-24(32)28-21(11-16-13-27-20-8-4-2-6-18(16)20)23(31)25-10-9-15-12-26-19-7-3-1-5-17(15)19/h1-8,12-13,21,26-27H,9-11,14H2,(H,25,31)(H,28,32)(H,29,30)/t21-/m0/s1. The second-order valence-corrected chi connectivity index (χ2v) is 7.63. The maximum atomic E-state index is 13.0. The number of ether oxygens (including phenoxy) is 1. The van der Waals surface area contributed by atoms with Gasteiger partial charge in [-0.2, -0.15) is 0 Å². The Kier molecular flexibility index (Phi) is 6.58. The largest absolute Gasteiger partial charge is 0.479 e. The first-order valence-electron chi connectivity index (χ1n) is 10.5. The molecule has 33 heavy (non-hydrogen) atoms. The average Bonchev–Trinajstić information content (AvgIpc) is 3.41. The van der Waals surface area contributed by atoms with Gasteiger partial charge in [-0.25, -0.2) is 9.59 Å². The van der Waals surface area contributed by atoms with Gasteiger partial charge in [0.05, 0.1) is 0 Å². The van der Waals surface area contributed by atoms with Crippen LogP contribution in [0.25, 0.3) is 21.8 Å². The van der Waals surface area contributed by atoms with Gasteiger partial charge in [0.1, 0.15) is 6.04 Å². The molecule has 0 fully saturated rings. The maximum Gasteiger partial charge on any atom is 0.408 e. The monoisotopic (exact) mass is 448 g/mol. The third-order valence-corrected chi connectivity index (χ3v) is 5.40. The van der Waals surface area contributed by atoms with E-state index in [1.165, 1.54) is 0 Å². The molecule has 2 heterocycles. The lowest BCUT2D eigenvalue weighted by Gasteiger charge is -2.18. The van der Waals surface area contributed by atoms with Crippen LogP contribution in [0.15, 0.2) is 60.9 Å². The third kappa shape index (κ3) is 5.32. The highest BCUT2D eigenvalue weighted by Gasteiger charge is 2.23. The van der Waals surface area contributed by atoms with Crippen LogP contribution in [0.5, 0.6) is 0 Å². The summed E-state index contributed by atoms with van der Waals surface area (Å²) in [5.41, 5.74) is 3.87. The molecule has 2 aromatic carbocycles. The number of aromatic amines is 2. The zero-order valence-corrected chi connectivity index (χ0v) is 17.8. The third-order valence-electron chi connectivity index (χ3n) is 5.40. The van der Waals surface area contributed by atoms with Crippen LogP contribution in [0.2, 0.25) is 0 Å².